The van der Waals surface area contributed by atoms with E-state index in [1.165, 1.54) is 6.07 Å². The molecule has 0 fully saturated rings. The summed E-state index contributed by atoms with van der Waals surface area (Å²) in [4.78, 5) is 21.8. The predicted octanol–water partition coefficient (Wildman–Crippen LogP) is 2.25. The van der Waals surface area contributed by atoms with E-state index < -0.39 is 4.92 Å². The third-order valence-corrected chi connectivity index (χ3v) is 2.93. The summed E-state index contributed by atoms with van der Waals surface area (Å²) in [5, 5.41) is 17.0. The number of rotatable bonds is 7. The molecule has 0 atom stereocenters. The van der Waals surface area contributed by atoms with E-state index in [9.17, 15) is 14.9 Å². The van der Waals surface area contributed by atoms with E-state index in [2.05, 4.69) is 10.6 Å². The van der Waals surface area contributed by atoms with Gasteiger partial charge in [0, 0.05) is 31.6 Å². The van der Waals surface area contributed by atoms with Crippen LogP contribution in [0, 0.1) is 10.1 Å². The Hall–Kier alpha value is -1.66. The highest BCUT2D eigenvalue weighted by molar-refractivity contribution is 6.31. The van der Waals surface area contributed by atoms with Gasteiger partial charge in [-0.2, -0.15) is 0 Å². The van der Waals surface area contributed by atoms with Gasteiger partial charge in [0.2, 0.25) is 5.91 Å². The molecule has 20 heavy (non-hydrogen) atoms. The summed E-state index contributed by atoms with van der Waals surface area (Å²) in [5.41, 5.74) is 0.417. The van der Waals surface area contributed by atoms with Gasteiger partial charge in [0.15, 0.2) is 0 Å². The molecule has 6 nitrogen and oxygen atoms in total. The molecule has 0 unspecified atom stereocenters. The quantitative estimate of drug-likeness (QED) is 0.459. The van der Waals surface area contributed by atoms with E-state index in [-0.39, 0.29) is 24.2 Å². The Morgan fingerprint density at radius 1 is 1.45 bits per heavy atom. The fraction of sp³-hybridized carbons (Fsp3) is 0.462. The Bertz CT molecular complexity index is 492. The molecule has 0 aliphatic carbocycles. The number of nitrogens with one attached hydrogen (secondary N) is 2. The summed E-state index contributed by atoms with van der Waals surface area (Å²) < 4.78 is 0. The predicted molar refractivity (Wildman–Crippen MR) is 77.7 cm³/mol. The molecular weight excluding hydrogens is 282 g/mol. The van der Waals surface area contributed by atoms with Crippen molar-refractivity contribution in [3.8, 4) is 0 Å². The van der Waals surface area contributed by atoms with Crippen molar-refractivity contribution in [3.63, 3.8) is 0 Å². The van der Waals surface area contributed by atoms with Crippen LogP contribution in [0.5, 0.6) is 0 Å². The molecule has 0 heterocycles. The Labute approximate surface area is 122 Å². The maximum atomic E-state index is 11.4. The second-order valence-electron chi connectivity index (χ2n) is 4.64. The van der Waals surface area contributed by atoms with Gasteiger partial charge < -0.3 is 10.6 Å². The number of hydrogen-bond donors (Lipinski definition) is 2. The van der Waals surface area contributed by atoms with E-state index in [1.54, 1.807) is 12.1 Å². The molecule has 0 aliphatic heterocycles. The number of hydrogen-bond acceptors (Lipinski definition) is 4. The fourth-order valence-electron chi connectivity index (χ4n) is 1.70. The molecular formula is C13H18ClN3O3. The first-order valence-electron chi connectivity index (χ1n) is 6.33. The first-order valence-corrected chi connectivity index (χ1v) is 6.71. The lowest BCUT2D eigenvalue weighted by Gasteiger charge is -2.09. The van der Waals surface area contributed by atoms with Crippen LogP contribution >= 0.6 is 11.6 Å². The summed E-state index contributed by atoms with van der Waals surface area (Å²) in [7, 11) is 0. The summed E-state index contributed by atoms with van der Waals surface area (Å²) in [6.07, 6.45) is 0.316. The van der Waals surface area contributed by atoms with Crippen LogP contribution < -0.4 is 10.6 Å². The minimum Gasteiger partial charge on any atom is -0.354 e. The van der Waals surface area contributed by atoms with Crippen molar-refractivity contribution in [1.29, 1.82) is 0 Å². The van der Waals surface area contributed by atoms with Crippen molar-refractivity contribution in [1.82, 2.24) is 10.6 Å². The largest absolute Gasteiger partial charge is 0.354 e. The van der Waals surface area contributed by atoms with Gasteiger partial charge >= 0.3 is 0 Å². The molecule has 0 bridgehead atoms. The molecule has 1 rings (SSSR count). The number of amides is 1. The minimum atomic E-state index is -0.464. The number of halogens is 1. The van der Waals surface area contributed by atoms with Crippen LogP contribution in [-0.4, -0.2) is 23.4 Å². The number of nitro benzene ring substituents is 1. The van der Waals surface area contributed by atoms with Gasteiger partial charge in [0.1, 0.15) is 0 Å². The van der Waals surface area contributed by atoms with Crippen molar-refractivity contribution in [2.24, 2.45) is 0 Å². The molecule has 0 spiro atoms. The highest BCUT2D eigenvalue weighted by atomic mass is 35.5. The number of nitro groups is 1. The molecule has 2 N–H and O–H groups in total. The first-order chi connectivity index (χ1) is 9.41. The molecule has 7 heteroatoms. The van der Waals surface area contributed by atoms with E-state index in [0.717, 1.165) is 0 Å². The highest BCUT2D eigenvalue weighted by Gasteiger charge is 2.15. The Balaban J connectivity index is 2.50. The lowest BCUT2D eigenvalue weighted by molar-refractivity contribution is -0.385. The lowest BCUT2D eigenvalue weighted by Crippen LogP contribution is -2.32. The first kappa shape index (κ1) is 16.4. The maximum Gasteiger partial charge on any atom is 0.275 e. The van der Waals surface area contributed by atoms with E-state index >= 15 is 0 Å². The fourth-order valence-corrected chi connectivity index (χ4v) is 1.94. The third kappa shape index (κ3) is 5.14. The van der Waals surface area contributed by atoms with Crippen LogP contribution in [0.3, 0.4) is 0 Å². The average molecular weight is 300 g/mol. The summed E-state index contributed by atoms with van der Waals surface area (Å²) in [6, 6.07) is 4.66. The number of carbonyl (C=O) groups excluding carboxylic acids is 1. The van der Waals surface area contributed by atoms with E-state index in [4.69, 9.17) is 11.6 Å². The second kappa shape index (κ2) is 7.81. The average Bonchev–Trinajstić information content (AvgIpc) is 2.34. The molecule has 0 saturated carbocycles. The van der Waals surface area contributed by atoms with Crippen molar-refractivity contribution in [2.75, 3.05) is 6.54 Å². The molecule has 0 saturated heterocycles. The Morgan fingerprint density at radius 3 is 2.75 bits per heavy atom. The number of nitrogens with zero attached hydrogens (tertiary/aromatic N) is 1. The zero-order valence-electron chi connectivity index (χ0n) is 11.5. The molecule has 1 aromatic rings. The SMILES string of the molecule is CC(C)NC(=O)CCNCc1c(Cl)cccc1[N+](=O)[O-]. The van der Waals surface area contributed by atoms with Crippen LogP contribution in [0.4, 0.5) is 5.69 Å². The molecule has 1 aromatic carbocycles. The van der Waals surface area contributed by atoms with Crippen molar-refractivity contribution >= 4 is 23.2 Å². The normalized spacial score (nSPS) is 10.6. The van der Waals surface area contributed by atoms with Gasteiger partial charge in [-0.1, -0.05) is 17.7 Å². The molecule has 110 valence electrons. The Morgan fingerprint density at radius 2 is 2.15 bits per heavy atom. The van der Waals surface area contributed by atoms with Gasteiger partial charge in [0.05, 0.1) is 15.5 Å². The summed E-state index contributed by atoms with van der Waals surface area (Å²) in [5.74, 6) is -0.0545. The van der Waals surface area contributed by atoms with Gasteiger partial charge in [-0.25, -0.2) is 0 Å². The molecule has 1 amide bonds. The van der Waals surface area contributed by atoms with Crippen LogP contribution in [0.25, 0.3) is 0 Å². The molecule has 0 aliphatic rings. The van der Waals surface area contributed by atoms with Crippen LogP contribution in [-0.2, 0) is 11.3 Å². The summed E-state index contributed by atoms with van der Waals surface area (Å²) in [6.45, 7) is 4.46. The van der Waals surface area contributed by atoms with E-state index in [1.807, 2.05) is 13.8 Å². The number of carbonyl (C=O) groups is 1. The lowest BCUT2D eigenvalue weighted by atomic mass is 10.2. The second-order valence-corrected chi connectivity index (χ2v) is 5.05. The van der Waals surface area contributed by atoms with E-state index in [0.29, 0.717) is 23.6 Å². The van der Waals surface area contributed by atoms with Crippen LogP contribution in [0.15, 0.2) is 18.2 Å². The molecule has 0 radical (unpaired) electrons. The van der Waals surface area contributed by atoms with Gasteiger partial charge in [-0.3, -0.25) is 14.9 Å². The van der Waals surface area contributed by atoms with Crippen molar-refractivity contribution in [2.45, 2.75) is 32.9 Å². The highest BCUT2D eigenvalue weighted by Crippen LogP contribution is 2.25. The molecule has 0 aromatic heterocycles. The summed E-state index contributed by atoms with van der Waals surface area (Å²) >= 11 is 5.96. The Kier molecular flexibility index (Phi) is 6.41. The number of benzene rings is 1. The van der Waals surface area contributed by atoms with Gasteiger partial charge in [-0.15, -0.1) is 0 Å². The third-order valence-electron chi connectivity index (χ3n) is 2.57. The maximum absolute atomic E-state index is 11.4. The zero-order chi connectivity index (χ0) is 15.1. The smallest absolute Gasteiger partial charge is 0.275 e. The standard InChI is InChI=1S/C13H18ClN3O3/c1-9(2)16-13(18)6-7-15-8-10-11(14)4-3-5-12(10)17(19)20/h3-5,9,15H,6-8H2,1-2H3,(H,16,18). The minimum absolute atomic E-state index is 0.0170. The topological polar surface area (TPSA) is 84.3 Å². The van der Waals surface area contributed by atoms with Crippen LogP contribution in [0.1, 0.15) is 25.8 Å². The van der Waals surface area contributed by atoms with Gasteiger partial charge in [-0.05, 0) is 19.9 Å². The van der Waals surface area contributed by atoms with Crippen molar-refractivity contribution in [3.05, 3.63) is 38.9 Å². The monoisotopic (exact) mass is 299 g/mol. The van der Waals surface area contributed by atoms with Crippen LogP contribution in [0.2, 0.25) is 5.02 Å². The van der Waals surface area contributed by atoms with Gasteiger partial charge in [0.25, 0.3) is 5.69 Å². The van der Waals surface area contributed by atoms with Crippen molar-refractivity contribution < 1.29 is 9.72 Å². The zero-order valence-corrected chi connectivity index (χ0v) is 12.2.